The van der Waals surface area contributed by atoms with E-state index in [1.165, 1.54) is 11.8 Å². The minimum Gasteiger partial charge on any atom is -0.466 e. The van der Waals surface area contributed by atoms with Crippen molar-refractivity contribution in [3.63, 3.8) is 0 Å². The maximum absolute atomic E-state index is 11.1. The monoisotopic (exact) mass is 260 g/mol. The summed E-state index contributed by atoms with van der Waals surface area (Å²) in [5.41, 5.74) is 0.771. The average molecular weight is 261 g/mol. The van der Waals surface area contributed by atoms with Crippen molar-refractivity contribution in [2.75, 3.05) is 12.9 Å². The van der Waals surface area contributed by atoms with Crippen LogP contribution in [0.4, 0.5) is 0 Å². The summed E-state index contributed by atoms with van der Waals surface area (Å²) in [5, 5.41) is 1.04. The molecule has 0 aliphatic carbocycles. The number of aromatic nitrogens is 2. The number of nitrogens with zero attached hydrogens (tertiary/aromatic N) is 2. The number of thioether (sulfide) groups is 1. The fraction of sp³-hybridized carbons (Fsp3) is 0.500. The summed E-state index contributed by atoms with van der Waals surface area (Å²) < 4.78 is 4.82. The quantitative estimate of drug-likeness (QED) is 0.352. The molecule has 0 aliphatic rings. The number of hydrogen-bond acceptors (Lipinski definition) is 5. The van der Waals surface area contributed by atoms with Crippen LogP contribution in [-0.2, 0) is 16.0 Å². The number of carbonyl (C=O) groups is 1. The Labute approximate surface area is 104 Å². The fourth-order valence-electron chi connectivity index (χ4n) is 1.11. The van der Waals surface area contributed by atoms with Crippen LogP contribution in [-0.4, -0.2) is 28.8 Å². The molecule has 6 heteroatoms. The van der Waals surface area contributed by atoms with Crippen LogP contribution in [0.15, 0.2) is 11.4 Å². The zero-order valence-corrected chi connectivity index (χ0v) is 10.8. The van der Waals surface area contributed by atoms with Crippen LogP contribution in [0.2, 0.25) is 5.15 Å². The molecule has 0 aliphatic heterocycles. The Bertz CT molecular complexity index is 374. The van der Waals surface area contributed by atoms with Crippen LogP contribution in [0.5, 0.6) is 0 Å². The van der Waals surface area contributed by atoms with Crippen molar-refractivity contribution in [1.29, 1.82) is 0 Å². The highest BCUT2D eigenvalue weighted by molar-refractivity contribution is 7.98. The lowest BCUT2D eigenvalue weighted by Gasteiger charge is -2.04. The molecule has 0 saturated heterocycles. The Balaban J connectivity index is 2.57. The van der Waals surface area contributed by atoms with E-state index in [0.717, 1.165) is 5.56 Å². The molecule has 0 fully saturated rings. The number of halogens is 1. The lowest BCUT2D eigenvalue weighted by molar-refractivity contribution is -0.143. The summed E-state index contributed by atoms with van der Waals surface area (Å²) in [6, 6.07) is 0. The van der Waals surface area contributed by atoms with Gasteiger partial charge in [-0.2, -0.15) is 0 Å². The van der Waals surface area contributed by atoms with Crippen molar-refractivity contribution in [3.05, 3.63) is 16.9 Å². The Morgan fingerprint density at radius 1 is 1.62 bits per heavy atom. The number of hydrogen-bond donors (Lipinski definition) is 0. The Hall–Kier alpha value is -0.810. The summed E-state index contributed by atoms with van der Waals surface area (Å²) >= 11 is 7.38. The summed E-state index contributed by atoms with van der Waals surface area (Å²) in [4.78, 5) is 19.3. The summed E-state index contributed by atoms with van der Waals surface area (Å²) in [6.07, 6.45) is 4.34. The molecular weight excluding hydrogens is 248 g/mol. The van der Waals surface area contributed by atoms with Crippen molar-refractivity contribution in [2.24, 2.45) is 0 Å². The maximum atomic E-state index is 11.1. The fourth-order valence-corrected chi connectivity index (χ4v) is 1.72. The zero-order chi connectivity index (χ0) is 12.0. The second-order valence-corrected chi connectivity index (χ2v) is 4.11. The lowest BCUT2D eigenvalue weighted by Crippen LogP contribution is -2.06. The summed E-state index contributed by atoms with van der Waals surface area (Å²) in [5.74, 6) is -0.229. The lowest BCUT2D eigenvalue weighted by atomic mass is 10.2. The van der Waals surface area contributed by atoms with Gasteiger partial charge in [-0.3, -0.25) is 4.79 Å². The third-order valence-corrected chi connectivity index (χ3v) is 2.77. The maximum Gasteiger partial charge on any atom is 0.306 e. The van der Waals surface area contributed by atoms with Gasteiger partial charge in [0, 0.05) is 18.2 Å². The Kier molecular flexibility index (Phi) is 5.55. The van der Waals surface area contributed by atoms with E-state index < -0.39 is 0 Å². The van der Waals surface area contributed by atoms with Crippen molar-refractivity contribution >= 4 is 29.3 Å². The standard InChI is InChI=1S/C10H13ClN2O2S/c1-3-15-8(14)5-4-7-6-12-10(16-2)13-9(7)11/h6H,3-5H2,1-2H3. The van der Waals surface area contributed by atoms with Gasteiger partial charge in [-0.1, -0.05) is 23.4 Å². The van der Waals surface area contributed by atoms with E-state index in [0.29, 0.717) is 29.8 Å². The first-order valence-corrected chi connectivity index (χ1v) is 6.48. The van der Waals surface area contributed by atoms with Crippen molar-refractivity contribution in [1.82, 2.24) is 9.97 Å². The number of aryl methyl sites for hydroxylation is 1. The summed E-state index contributed by atoms with van der Waals surface area (Å²) in [7, 11) is 0. The number of ether oxygens (including phenoxy) is 1. The number of rotatable bonds is 5. The molecule has 0 saturated carbocycles. The van der Waals surface area contributed by atoms with E-state index in [2.05, 4.69) is 9.97 Å². The first kappa shape index (κ1) is 13.3. The van der Waals surface area contributed by atoms with Gasteiger partial charge in [-0.05, 0) is 19.6 Å². The van der Waals surface area contributed by atoms with Gasteiger partial charge in [0.15, 0.2) is 5.16 Å². The molecule has 0 bridgehead atoms. The van der Waals surface area contributed by atoms with E-state index >= 15 is 0 Å². The van der Waals surface area contributed by atoms with E-state index in [4.69, 9.17) is 16.3 Å². The van der Waals surface area contributed by atoms with Gasteiger partial charge in [0.1, 0.15) is 5.15 Å². The van der Waals surface area contributed by atoms with Gasteiger partial charge >= 0.3 is 5.97 Å². The van der Waals surface area contributed by atoms with Crippen molar-refractivity contribution in [2.45, 2.75) is 24.9 Å². The van der Waals surface area contributed by atoms with Crippen LogP contribution in [0.1, 0.15) is 18.9 Å². The molecular formula is C10H13ClN2O2S. The molecule has 0 N–H and O–H groups in total. The first-order chi connectivity index (χ1) is 7.67. The van der Waals surface area contributed by atoms with Gasteiger partial charge in [-0.15, -0.1) is 0 Å². The van der Waals surface area contributed by atoms with Gasteiger partial charge in [-0.25, -0.2) is 9.97 Å². The predicted octanol–water partition coefficient (Wildman–Crippen LogP) is 2.35. The third-order valence-electron chi connectivity index (χ3n) is 1.88. The van der Waals surface area contributed by atoms with Crippen LogP contribution >= 0.6 is 23.4 Å². The second-order valence-electron chi connectivity index (χ2n) is 2.98. The normalized spacial score (nSPS) is 10.2. The molecule has 0 aromatic carbocycles. The largest absolute Gasteiger partial charge is 0.466 e. The minimum absolute atomic E-state index is 0.229. The van der Waals surface area contributed by atoms with Gasteiger partial charge in [0.05, 0.1) is 6.61 Å². The van der Waals surface area contributed by atoms with E-state index in [1.54, 1.807) is 13.1 Å². The highest BCUT2D eigenvalue weighted by atomic mass is 35.5. The predicted molar refractivity (Wildman–Crippen MR) is 63.8 cm³/mol. The second kappa shape index (κ2) is 6.70. The zero-order valence-electron chi connectivity index (χ0n) is 9.20. The van der Waals surface area contributed by atoms with Crippen LogP contribution in [0.3, 0.4) is 0 Å². The molecule has 1 heterocycles. The van der Waals surface area contributed by atoms with Crippen LogP contribution in [0, 0.1) is 0 Å². The van der Waals surface area contributed by atoms with Gasteiger partial charge in [0.2, 0.25) is 0 Å². The molecule has 16 heavy (non-hydrogen) atoms. The smallest absolute Gasteiger partial charge is 0.306 e. The minimum atomic E-state index is -0.229. The molecule has 0 radical (unpaired) electrons. The highest BCUT2D eigenvalue weighted by Crippen LogP contribution is 2.17. The molecule has 4 nitrogen and oxygen atoms in total. The van der Waals surface area contributed by atoms with E-state index in [-0.39, 0.29) is 5.97 Å². The van der Waals surface area contributed by atoms with E-state index in [9.17, 15) is 4.79 Å². The topological polar surface area (TPSA) is 52.1 Å². The average Bonchev–Trinajstić information content (AvgIpc) is 2.27. The number of carbonyl (C=O) groups excluding carboxylic acids is 1. The van der Waals surface area contributed by atoms with Gasteiger partial charge in [0.25, 0.3) is 0 Å². The SMILES string of the molecule is CCOC(=O)CCc1cnc(SC)nc1Cl. The van der Waals surface area contributed by atoms with Gasteiger partial charge < -0.3 is 4.74 Å². The van der Waals surface area contributed by atoms with Crippen LogP contribution in [0.25, 0.3) is 0 Å². The van der Waals surface area contributed by atoms with E-state index in [1.807, 2.05) is 6.26 Å². The molecule has 1 aromatic rings. The third kappa shape index (κ3) is 3.98. The summed E-state index contributed by atoms with van der Waals surface area (Å²) in [6.45, 7) is 2.18. The first-order valence-electron chi connectivity index (χ1n) is 4.88. The van der Waals surface area contributed by atoms with Crippen LogP contribution < -0.4 is 0 Å². The molecule has 0 spiro atoms. The molecule has 0 amide bonds. The molecule has 1 aromatic heterocycles. The van der Waals surface area contributed by atoms with Crippen molar-refractivity contribution < 1.29 is 9.53 Å². The number of esters is 1. The molecule has 88 valence electrons. The van der Waals surface area contributed by atoms with Crippen molar-refractivity contribution in [3.8, 4) is 0 Å². The Morgan fingerprint density at radius 2 is 2.38 bits per heavy atom. The molecule has 0 atom stereocenters. The Morgan fingerprint density at radius 3 is 2.94 bits per heavy atom. The molecule has 1 rings (SSSR count). The highest BCUT2D eigenvalue weighted by Gasteiger charge is 2.08. The molecule has 0 unspecified atom stereocenters.